The van der Waals surface area contributed by atoms with Crippen LogP contribution in [-0.4, -0.2) is 29.7 Å². The molecular formula is C13H19N3O2. The van der Waals surface area contributed by atoms with Crippen molar-refractivity contribution in [3.05, 3.63) is 11.9 Å². The molecule has 1 heterocycles. The molecule has 1 aromatic heterocycles. The van der Waals surface area contributed by atoms with Crippen LogP contribution in [0.3, 0.4) is 0 Å². The molecule has 1 atom stereocenters. The highest BCUT2D eigenvalue weighted by molar-refractivity contribution is 5.38. The van der Waals surface area contributed by atoms with Crippen molar-refractivity contribution >= 4 is 5.82 Å². The Morgan fingerprint density at radius 1 is 1.50 bits per heavy atom. The van der Waals surface area contributed by atoms with Gasteiger partial charge in [0.2, 0.25) is 5.88 Å². The van der Waals surface area contributed by atoms with Gasteiger partial charge in [-0.25, -0.2) is 4.98 Å². The van der Waals surface area contributed by atoms with E-state index in [1.165, 1.54) is 0 Å². The molecule has 18 heavy (non-hydrogen) atoms. The molecule has 5 nitrogen and oxygen atoms in total. The second-order valence-corrected chi connectivity index (χ2v) is 3.79. The fourth-order valence-corrected chi connectivity index (χ4v) is 1.29. The molecule has 5 heteroatoms. The fraction of sp³-hybridized carbons (Fsp3) is 0.538. The number of nitrogens with zero attached hydrogens (tertiary/aromatic N) is 2. The SMILES string of the molecule is C#CC(C)Oc1cc(NCCC)nc(COC)n1. The highest BCUT2D eigenvalue weighted by Gasteiger charge is 2.07. The van der Waals surface area contributed by atoms with E-state index in [1.807, 2.05) is 0 Å². The first-order chi connectivity index (χ1) is 8.69. The zero-order valence-electron chi connectivity index (χ0n) is 11.1. The summed E-state index contributed by atoms with van der Waals surface area (Å²) in [7, 11) is 1.60. The van der Waals surface area contributed by atoms with Crippen LogP contribution in [0.15, 0.2) is 6.07 Å². The van der Waals surface area contributed by atoms with Gasteiger partial charge in [0.25, 0.3) is 0 Å². The van der Waals surface area contributed by atoms with Gasteiger partial charge in [0.05, 0.1) is 0 Å². The van der Waals surface area contributed by atoms with Crippen molar-refractivity contribution in [1.29, 1.82) is 0 Å². The molecule has 0 spiro atoms. The average molecular weight is 249 g/mol. The summed E-state index contributed by atoms with van der Waals surface area (Å²) in [6.45, 7) is 5.05. The van der Waals surface area contributed by atoms with E-state index >= 15 is 0 Å². The van der Waals surface area contributed by atoms with Crippen LogP contribution in [-0.2, 0) is 11.3 Å². The number of terminal acetylenes is 1. The summed E-state index contributed by atoms with van der Waals surface area (Å²) in [5, 5.41) is 3.19. The predicted octanol–water partition coefficient (Wildman–Crippen LogP) is 1.85. The molecule has 0 bridgehead atoms. The molecule has 1 unspecified atom stereocenters. The van der Waals surface area contributed by atoms with E-state index < -0.39 is 0 Å². The predicted molar refractivity (Wildman–Crippen MR) is 70.4 cm³/mol. The Morgan fingerprint density at radius 3 is 2.89 bits per heavy atom. The number of rotatable bonds is 7. The number of ether oxygens (including phenoxy) is 2. The minimum absolute atomic E-state index is 0.325. The lowest BCUT2D eigenvalue weighted by molar-refractivity contribution is 0.175. The Bertz CT molecular complexity index is 415. The third kappa shape index (κ3) is 4.60. The van der Waals surface area contributed by atoms with Gasteiger partial charge in [0, 0.05) is 19.7 Å². The Hall–Kier alpha value is -1.80. The summed E-state index contributed by atoms with van der Waals surface area (Å²) in [5.74, 6) is 4.24. The van der Waals surface area contributed by atoms with Gasteiger partial charge in [0.1, 0.15) is 12.4 Å². The maximum atomic E-state index is 5.49. The monoisotopic (exact) mass is 249 g/mol. The maximum Gasteiger partial charge on any atom is 0.220 e. The molecule has 98 valence electrons. The van der Waals surface area contributed by atoms with Crippen molar-refractivity contribution in [2.24, 2.45) is 0 Å². The largest absolute Gasteiger partial charge is 0.461 e. The van der Waals surface area contributed by atoms with E-state index in [4.69, 9.17) is 15.9 Å². The van der Waals surface area contributed by atoms with Crippen molar-refractivity contribution in [2.75, 3.05) is 19.0 Å². The first kappa shape index (κ1) is 14.3. The fourth-order valence-electron chi connectivity index (χ4n) is 1.29. The van der Waals surface area contributed by atoms with Crippen LogP contribution in [0.2, 0.25) is 0 Å². The zero-order valence-corrected chi connectivity index (χ0v) is 11.1. The summed E-state index contributed by atoms with van der Waals surface area (Å²) in [6, 6.07) is 1.74. The molecule has 0 aliphatic rings. The molecule has 1 N–H and O–H groups in total. The maximum absolute atomic E-state index is 5.49. The minimum atomic E-state index is -0.325. The second kappa shape index (κ2) is 7.51. The molecular weight excluding hydrogens is 230 g/mol. The number of aromatic nitrogens is 2. The van der Waals surface area contributed by atoms with Crippen LogP contribution < -0.4 is 10.1 Å². The van der Waals surface area contributed by atoms with Crippen LogP contribution in [0.1, 0.15) is 26.1 Å². The molecule has 0 fully saturated rings. The third-order valence-corrected chi connectivity index (χ3v) is 2.11. The standard InChI is InChI=1S/C13H19N3O2/c1-5-7-14-11-8-13(18-10(3)6-2)16-12(15-11)9-17-4/h2,8,10H,5,7,9H2,1,3-4H3,(H,14,15,16). The van der Waals surface area contributed by atoms with Crippen LogP contribution in [0, 0.1) is 12.3 Å². The normalized spacial score (nSPS) is 11.7. The first-order valence-corrected chi connectivity index (χ1v) is 5.93. The van der Waals surface area contributed by atoms with Crippen molar-refractivity contribution in [1.82, 2.24) is 9.97 Å². The lowest BCUT2D eigenvalue weighted by Crippen LogP contribution is -2.12. The molecule has 0 radical (unpaired) electrons. The number of hydrogen-bond acceptors (Lipinski definition) is 5. The van der Waals surface area contributed by atoms with Gasteiger partial charge in [0.15, 0.2) is 11.9 Å². The molecule has 0 saturated heterocycles. The summed E-state index contributed by atoms with van der Waals surface area (Å²) in [5.41, 5.74) is 0. The number of nitrogens with one attached hydrogen (secondary N) is 1. The average Bonchev–Trinajstić information content (AvgIpc) is 2.36. The van der Waals surface area contributed by atoms with Crippen molar-refractivity contribution in [2.45, 2.75) is 33.0 Å². The van der Waals surface area contributed by atoms with Crippen molar-refractivity contribution in [3.8, 4) is 18.2 Å². The molecule has 0 aliphatic carbocycles. The van der Waals surface area contributed by atoms with Gasteiger partial charge in [-0.3, -0.25) is 0 Å². The Labute approximate surface area is 108 Å². The molecule has 0 saturated carbocycles. The van der Waals surface area contributed by atoms with E-state index in [-0.39, 0.29) is 6.10 Å². The van der Waals surface area contributed by atoms with E-state index in [2.05, 4.69) is 28.1 Å². The van der Waals surface area contributed by atoms with Crippen molar-refractivity contribution in [3.63, 3.8) is 0 Å². The zero-order chi connectivity index (χ0) is 13.4. The van der Waals surface area contributed by atoms with Crippen molar-refractivity contribution < 1.29 is 9.47 Å². The van der Waals surface area contributed by atoms with Gasteiger partial charge in [-0.1, -0.05) is 12.8 Å². The van der Waals surface area contributed by atoms with E-state index in [0.29, 0.717) is 18.3 Å². The van der Waals surface area contributed by atoms with Gasteiger partial charge in [-0.15, -0.1) is 6.42 Å². The van der Waals surface area contributed by atoms with Gasteiger partial charge in [-0.2, -0.15) is 4.98 Å². The number of anilines is 1. The second-order valence-electron chi connectivity index (χ2n) is 3.79. The lowest BCUT2D eigenvalue weighted by atomic mass is 10.4. The lowest BCUT2D eigenvalue weighted by Gasteiger charge is -2.11. The van der Waals surface area contributed by atoms with Crippen LogP contribution in [0.25, 0.3) is 0 Å². The highest BCUT2D eigenvalue weighted by Crippen LogP contribution is 2.15. The summed E-state index contributed by atoms with van der Waals surface area (Å²) < 4.78 is 10.5. The van der Waals surface area contributed by atoms with E-state index in [0.717, 1.165) is 18.8 Å². The van der Waals surface area contributed by atoms with Gasteiger partial charge < -0.3 is 14.8 Å². The third-order valence-electron chi connectivity index (χ3n) is 2.11. The number of methoxy groups -OCH3 is 1. The Kier molecular flexibility index (Phi) is 5.95. The Balaban J connectivity index is 2.87. The molecule has 0 aliphatic heterocycles. The summed E-state index contributed by atoms with van der Waals surface area (Å²) in [4.78, 5) is 8.54. The van der Waals surface area contributed by atoms with Gasteiger partial charge in [-0.05, 0) is 13.3 Å². The quantitative estimate of drug-likeness (QED) is 0.747. The summed E-state index contributed by atoms with van der Waals surface area (Å²) in [6.07, 6.45) is 5.97. The smallest absolute Gasteiger partial charge is 0.220 e. The molecule has 0 aromatic carbocycles. The Morgan fingerprint density at radius 2 is 2.28 bits per heavy atom. The molecule has 1 aromatic rings. The molecule has 0 amide bonds. The van der Waals surface area contributed by atoms with Crippen LogP contribution >= 0.6 is 0 Å². The van der Waals surface area contributed by atoms with E-state index in [9.17, 15) is 0 Å². The minimum Gasteiger partial charge on any atom is -0.461 e. The highest BCUT2D eigenvalue weighted by atomic mass is 16.5. The topological polar surface area (TPSA) is 56.3 Å². The van der Waals surface area contributed by atoms with Gasteiger partial charge >= 0.3 is 0 Å². The van der Waals surface area contributed by atoms with Crippen LogP contribution in [0.4, 0.5) is 5.82 Å². The first-order valence-electron chi connectivity index (χ1n) is 5.93. The molecule has 1 rings (SSSR count). The summed E-state index contributed by atoms with van der Waals surface area (Å²) >= 11 is 0. The van der Waals surface area contributed by atoms with Crippen LogP contribution in [0.5, 0.6) is 5.88 Å². The van der Waals surface area contributed by atoms with E-state index in [1.54, 1.807) is 20.1 Å². The number of hydrogen-bond donors (Lipinski definition) is 1.